The van der Waals surface area contributed by atoms with E-state index in [1.165, 1.54) is 0 Å². The van der Waals surface area contributed by atoms with Gasteiger partial charge in [-0.2, -0.15) is 0 Å². The second-order valence-corrected chi connectivity index (χ2v) is 7.21. The Morgan fingerprint density at radius 3 is 2.92 bits per heavy atom. The van der Waals surface area contributed by atoms with Gasteiger partial charge < -0.3 is 15.5 Å². The smallest absolute Gasteiger partial charge is 0.239 e. The first-order valence-corrected chi connectivity index (χ1v) is 9.06. The van der Waals surface area contributed by atoms with E-state index in [2.05, 4.69) is 10.6 Å². The number of hydrogen-bond acceptors (Lipinski definition) is 3. The maximum absolute atomic E-state index is 12.6. The van der Waals surface area contributed by atoms with Crippen LogP contribution in [0, 0.1) is 11.8 Å². The van der Waals surface area contributed by atoms with E-state index in [4.69, 9.17) is 23.2 Å². The molecule has 130 valence electrons. The molecule has 2 amide bonds. The topological polar surface area (TPSA) is 61.4 Å². The molecule has 5 nitrogen and oxygen atoms in total. The Morgan fingerprint density at radius 2 is 2.17 bits per heavy atom. The van der Waals surface area contributed by atoms with E-state index >= 15 is 0 Å². The molecule has 0 bridgehead atoms. The summed E-state index contributed by atoms with van der Waals surface area (Å²) in [5, 5.41) is 7.19. The van der Waals surface area contributed by atoms with Crippen LogP contribution in [0.2, 0.25) is 10.0 Å². The summed E-state index contributed by atoms with van der Waals surface area (Å²) < 4.78 is 0. The average Bonchev–Trinajstić information content (AvgIpc) is 3.19. The van der Waals surface area contributed by atoms with Crippen molar-refractivity contribution < 1.29 is 9.59 Å². The number of rotatable bonds is 5. The molecular weight excluding hydrogens is 349 g/mol. The lowest BCUT2D eigenvalue weighted by atomic mass is 10.0. The Balaban J connectivity index is 1.56. The summed E-state index contributed by atoms with van der Waals surface area (Å²) in [5.41, 5.74) is 0.571. The molecule has 1 aromatic carbocycles. The number of benzene rings is 1. The highest BCUT2D eigenvalue weighted by Crippen LogP contribution is 2.33. The molecule has 2 heterocycles. The zero-order chi connectivity index (χ0) is 17.1. The molecule has 3 rings (SSSR count). The van der Waals surface area contributed by atoms with Crippen LogP contribution >= 0.6 is 23.2 Å². The molecule has 7 heteroatoms. The first kappa shape index (κ1) is 17.5. The maximum Gasteiger partial charge on any atom is 0.239 e. The number of nitrogens with one attached hydrogen (secondary N) is 2. The van der Waals surface area contributed by atoms with Gasteiger partial charge in [0.1, 0.15) is 5.92 Å². The zero-order valence-corrected chi connectivity index (χ0v) is 14.9. The van der Waals surface area contributed by atoms with Crippen molar-refractivity contribution in [3.8, 4) is 0 Å². The normalized spacial score (nSPS) is 23.8. The summed E-state index contributed by atoms with van der Waals surface area (Å²) in [6, 6.07) is 5.00. The maximum atomic E-state index is 12.6. The van der Waals surface area contributed by atoms with Crippen LogP contribution in [0.3, 0.4) is 0 Å². The Kier molecular flexibility index (Phi) is 5.64. The molecule has 2 unspecified atom stereocenters. The molecule has 0 radical (unpaired) electrons. The summed E-state index contributed by atoms with van der Waals surface area (Å²) in [6.07, 6.45) is 2.60. The third-order valence-corrected chi connectivity index (χ3v) is 5.29. The second kappa shape index (κ2) is 7.72. The van der Waals surface area contributed by atoms with Crippen molar-refractivity contribution in [2.45, 2.75) is 19.3 Å². The summed E-state index contributed by atoms with van der Waals surface area (Å²) in [5.74, 6) is -0.418. The van der Waals surface area contributed by atoms with Crippen LogP contribution in [0.1, 0.15) is 19.3 Å². The second-order valence-electron chi connectivity index (χ2n) is 6.37. The van der Waals surface area contributed by atoms with Gasteiger partial charge in [0.2, 0.25) is 11.8 Å². The number of nitrogens with zero attached hydrogens (tertiary/aromatic N) is 1. The minimum Gasteiger partial charge on any atom is -0.355 e. The molecule has 1 aromatic rings. The third-order valence-electron chi connectivity index (χ3n) is 4.74. The molecule has 0 aliphatic carbocycles. The van der Waals surface area contributed by atoms with Crippen LogP contribution in [-0.4, -0.2) is 38.0 Å². The van der Waals surface area contributed by atoms with E-state index in [9.17, 15) is 9.59 Å². The third kappa shape index (κ3) is 3.85. The van der Waals surface area contributed by atoms with Gasteiger partial charge in [0.15, 0.2) is 0 Å². The van der Waals surface area contributed by atoms with Gasteiger partial charge in [-0.1, -0.05) is 23.2 Å². The van der Waals surface area contributed by atoms with Crippen molar-refractivity contribution in [1.82, 2.24) is 10.6 Å². The molecule has 0 spiro atoms. The average molecular weight is 370 g/mol. The predicted molar refractivity (Wildman–Crippen MR) is 95.5 cm³/mol. The van der Waals surface area contributed by atoms with Crippen molar-refractivity contribution in [2.24, 2.45) is 11.8 Å². The van der Waals surface area contributed by atoms with Crippen LogP contribution in [0.5, 0.6) is 0 Å². The number of amides is 2. The van der Waals surface area contributed by atoms with Crippen molar-refractivity contribution >= 4 is 40.7 Å². The number of anilines is 1. The summed E-state index contributed by atoms with van der Waals surface area (Å²) in [4.78, 5) is 26.5. The lowest BCUT2D eigenvalue weighted by Crippen LogP contribution is -2.37. The van der Waals surface area contributed by atoms with Gasteiger partial charge in [-0.3, -0.25) is 9.59 Å². The fourth-order valence-corrected chi connectivity index (χ4v) is 3.72. The van der Waals surface area contributed by atoms with Gasteiger partial charge in [0.25, 0.3) is 0 Å². The highest BCUT2D eigenvalue weighted by molar-refractivity contribution is 6.36. The van der Waals surface area contributed by atoms with E-state index in [0.717, 1.165) is 25.9 Å². The van der Waals surface area contributed by atoms with Gasteiger partial charge in [-0.15, -0.1) is 0 Å². The minimum absolute atomic E-state index is 0.188. The Labute approximate surface area is 151 Å². The van der Waals surface area contributed by atoms with Crippen LogP contribution < -0.4 is 15.5 Å². The quantitative estimate of drug-likeness (QED) is 0.783. The lowest BCUT2D eigenvalue weighted by Gasteiger charge is -2.18. The molecule has 0 saturated carbocycles. The van der Waals surface area contributed by atoms with E-state index in [1.54, 1.807) is 23.1 Å². The Bertz CT molecular complexity index is 632. The predicted octanol–water partition coefficient (Wildman–Crippen LogP) is 2.46. The minimum atomic E-state index is -0.637. The number of halogens is 2. The number of carbonyl (C=O) groups is 2. The molecule has 0 aromatic heterocycles. The van der Waals surface area contributed by atoms with E-state index in [0.29, 0.717) is 41.2 Å². The molecule has 2 saturated heterocycles. The SMILES string of the molecule is O=C(NCCC1CCNC1)C1CCN(c2cc(Cl)ccc2Cl)C1=O. The lowest BCUT2D eigenvalue weighted by molar-refractivity contribution is -0.132. The van der Waals surface area contributed by atoms with E-state index in [-0.39, 0.29) is 11.8 Å². The monoisotopic (exact) mass is 369 g/mol. The highest BCUT2D eigenvalue weighted by Gasteiger charge is 2.38. The summed E-state index contributed by atoms with van der Waals surface area (Å²) in [7, 11) is 0. The van der Waals surface area contributed by atoms with Crippen molar-refractivity contribution in [1.29, 1.82) is 0 Å². The standard InChI is InChI=1S/C17H21Cl2N3O2/c18-12-1-2-14(19)15(9-12)22-8-5-13(17(22)24)16(23)21-7-4-11-3-6-20-10-11/h1-2,9,11,13,20H,3-8,10H2,(H,21,23). The van der Waals surface area contributed by atoms with Crippen molar-refractivity contribution in [2.75, 3.05) is 31.1 Å². The fourth-order valence-electron chi connectivity index (χ4n) is 3.34. The van der Waals surface area contributed by atoms with Crippen molar-refractivity contribution in [3.05, 3.63) is 28.2 Å². The van der Waals surface area contributed by atoms with Gasteiger partial charge in [-0.05, 0) is 56.5 Å². The first-order chi connectivity index (χ1) is 11.6. The molecule has 24 heavy (non-hydrogen) atoms. The Morgan fingerprint density at radius 1 is 1.33 bits per heavy atom. The molecule has 2 atom stereocenters. The number of carbonyl (C=O) groups excluding carboxylic acids is 2. The zero-order valence-electron chi connectivity index (χ0n) is 13.4. The molecule has 2 aliphatic heterocycles. The van der Waals surface area contributed by atoms with Crippen LogP contribution in [-0.2, 0) is 9.59 Å². The molecule has 2 aliphatic rings. The summed E-state index contributed by atoms with van der Waals surface area (Å²) in [6.45, 7) is 3.16. The van der Waals surface area contributed by atoms with Gasteiger partial charge >= 0.3 is 0 Å². The molecular formula is C17H21Cl2N3O2. The highest BCUT2D eigenvalue weighted by atomic mass is 35.5. The first-order valence-electron chi connectivity index (χ1n) is 8.31. The number of hydrogen-bond donors (Lipinski definition) is 2. The Hall–Kier alpha value is -1.30. The van der Waals surface area contributed by atoms with Crippen LogP contribution in [0.25, 0.3) is 0 Å². The molecule has 2 N–H and O–H groups in total. The van der Waals surface area contributed by atoms with Crippen LogP contribution in [0.15, 0.2) is 18.2 Å². The van der Waals surface area contributed by atoms with Gasteiger partial charge in [0, 0.05) is 18.1 Å². The summed E-state index contributed by atoms with van der Waals surface area (Å²) >= 11 is 12.2. The fraction of sp³-hybridized carbons (Fsp3) is 0.529. The van der Waals surface area contributed by atoms with E-state index < -0.39 is 5.92 Å². The van der Waals surface area contributed by atoms with Crippen molar-refractivity contribution in [3.63, 3.8) is 0 Å². The molecule has 2 fully saturated rings. The van der Waals surface area contributed by atoms with Gasteiger partial charge in [-0.25, -0.2) is 0 Å². The van der Waals surface area contributed by atoms with E-state index in [1.807, 2.05) is 0 Å². The van der Waals surface area contributed by atoms with Crippen LogP contribution in [0.4, 0.5) is 5.69 Å². The van der Waals surface area contributed by atoms with Gasteiger partial charge in [0.05, 0.1) is 10.7 Å². The largest absolute Gasteiger partial charge is 0.355 e.